The fourth-order valence-electron chi connectivity index (χ4n) is 1.41. The predicted molar refractivity (Wildman–Crippen MR) is 69.1 cm³/mol. The number of nitrogens with two attached hydrogens (primary N) is 1. The second-order valence-electron chi connectivity index (χ2n) is 3.92. The van der Waals surface area contributed by atoms with Gasteiger partial charge in [-0.25, -0.2) is 0 Å². The molecule has 0 aliphatic carbocycles. The maximum Gasteiger partial charge on any atom is 0.238 e. The molecular formula is C12H17BrN2O. The fraction of sp³-hybridized carbons (Fsp3) is 0.417. The monoisotopic (exact) mass is 284 g/mol. The number of benzene rings is 1. The molecule has 0 heterocycles. The first-order valence-corrected chi connectivity index (χ1v) is 6.05. The second kappa shape index (κ2) is 6.01. The van der Waals surface area contributed by atoms with Crippen LogP contribution in [0.4, 0.5) is 0 Å². The first-order valence-electron chi connectivity index (χ1n) is 5.25. The maximum absolute atomic E-state index is 11.5. The molecule has 1 rings (SSSR count). The van der Waals surface area contributed by atoms with E-state index >= 15 is 0 Å². The molecule has 0 bridgehead atoms. The molecule has 0 radical (unpaired) electrons. The van der Waals surface area contributed by atoms with Crippen LogP contribution in [0, 0.1) is 0 Å². The van der Waals surface area contributed by atoms with Crippen molar-refractivity contribution >= 4 is 21.8 Å². The van der Waals surface area contributed by atoms with E-state index in [4.69, 9.17) is 5.73 Å². The Balaban J connectivity index is 2.45. The molecule has 1 amide bonds. The van der Waals surface area contributed by atoms with Crippen molar-refractivity contribution in [1.82, 2.24) is 4.90 Å². The molecule has 0 spiro atoms. The van der Waals surface area contributed by atoms with Gasteiger partial charge in [-0.05, 0) is 31.0 Å². The molecule has 2 N–H and O–H groups in total. The molecule has 88 valence electrons. The van der Waals surface area contributed by atoms with Crippen LogP contribution in [0.25, 0.3) is 0 Å². The van der Waals surface area contributed by atoms with Gasteiger partial charge in [0.25, 0.3) is 0 Å². The van der Waals surface area contributed by atoms with Crippen molar-refractivity contribution < 1.29 is 4.79 Å². The van der Waals surface area contributed by atoms with Crippen molar-refractivity contribution in [3.05, 3.63) is 34.3 Å². The van der Waals surface area contributed by atoms with Gasteiger partial charge in [0.05, 0.1) is 6.04 Å². The van der Waals surface area contributed by atoms with Gasteiger partial charge in [-0.1, -0.05) is 28.1 Å². The van der Waals surface area contributed by atoms with Gasteiger partial charge < -0.3 is 10.6 Å². The van der Waals surface area contributed by atoms with Crippen LogP contribution in [-0.2, 0) is 11.2 Å². The van der Waals surface area contributed by atoms with E-state index in [2.05, 4.69) is 15.9 Å². The Hall–Kier alpha value is -0.870. The Morgan fingerprint density at radius 3 is 2.50 bits per heavy atom. The molecule has 1 aromatic carbocycles. The van der Waals surface area contributed by atoms with Gasteiger partial charge in [-0.15, -0.1) is 0 Å². The Kier molecular flexibility index (Phi) is 4.96. The van der Waals surface area contributed by atoms with Crippen molar-refractivity contribution in [1.29, 1.82) is 0 Å². The Morgan fingerprint density at radius 2 is 2.00 bits per heavy atom. The van der Waals surface area contributed by atoms with Gasteiger partial charge in [-0.3, -0.25) is 4.79 Å². The van der Waals surface area contributed by atoms with E-state index in [9.17, 15) is 4.79 Å². The topological polar surface area (TPSA) is 46.3 Å². The fourth-order valence-corrected chi connectivity index (χ4v) is 1.67. The summed E-state index contributed by atoms with van der Waals surface area (Å²) in [4.78, 5) is 13.2. The molecule has 16 heavy (non-hydrogen) atoms. The zero-order valence-corrected chi connectivity index (χ0v) is 11.2. The molecule has 0 saturated carbocycles. The summed E-state index contributed by atoms with van der Waals surface area (Å²) in [6.07, 6.45) is 0.849. The number of amides is 1. The Bertz CT molecular complexity index is 349. The molecule has 0 unspecified atom stereocenters. The molecule has 4 heteroatoms. The highest BCUT2D eigenvalue weighted by Gasteiger charge is 2.12. The van der Waals surface area contributed by atoms with Gasteiger partial charge >= 0.3 is 0 Å². The smallest absolute Gasteiger partial charge is 0.238 e. The first-order chi connectivity index (χ1) is 7.50. The molecule has 0 fully saturated rings. The number of rotatable bonds is 4. The summed E-state index contributed by atoms with van der Waals surface area (Å²) in [5, 5.41) is 0. The van der Waals surface area contributed by atoms with Gasteiger partial charge in [0.1, 0.15) is 0 Å². The zero-order chi connectivity index (χ0) is 12.1. The minimum atomic E-state index is -0.421. The minimum absolute atomic E-state index is 0.0166. The van der Waals surface area contributed by atoms with E-state index in [0.717, 1.165) is 10.9 Å². The standard InChI is InChI=1S/C12H17BrN2O/c1-9(14)12(16)15(2)8-7-10-3-5-11(13)6-4-10/h3-6,9H,7-8,14H2,1-2H3/t9-/m1/s1. The highest BCUT2D eigenvalue weighted by molar-refractivity contribution is 9.10. The number of likely N-dealkylation sites (N-methyl/N-ethyl adjacent to an activating group) is 1. The van der Waals surface area contributed by atoms with Gasteiger partial charge in [0, 0.05) is 18.1 Å². The SMILES string of the molecule is C[C@@H](N)C(=O)N(C)CCc1ccc(Br)cc1. The van der Waals surface area contributed by atoms with Crippen molar-refractivity contribution in [3.63, 3.8) is 0 Å². The first kappa shape index (κ1) is 13.2. The third kappa shape index (κ3) is 3.94. The molecule has 3 nitrogen and oxygen atoms in total. The van der Waals surface area contributed by atoms with E-state index < -0.39 is 6.04 Å². The second-order valence-corrected chi connectivity index (χ2v) is 4.84. The molecule has 0 aromatic heterocycles. The van der Waals surface area contributed by atoms with Gasteiger partial charge in [-0.2, -0.15) is 0 Å². The summed E-state index contributed by atoms with van der Waals surface area (Å²) >= 11 is 3.39. The van der Waals surface area contributed by atoms with Crippen LogP contribution in [0.5, 0.6) is 0 Å². The van der Waals surface area contributed by atoms with Crippen LogP contribution in [0.1, 0.15) is 12.5 Å². The summed E-state index contributed by atoms with van der Waals surface area (Å²) < 4.78 is 1.07. The zero-order valence-electron chi connectivity index (χ0n) is 9.61. The van der Waals surface area contributed by atoms with Crippen molar-refractivity contribution in [2.75, 3.05) is 13.6 Å². The van der Waals surface area contributed by atoms with Crippen LogP contribution < -0.4 is 5.73 Å². The summed E-state index contributed by atoms with van der Waals surface area (Å²) in [6, 6.07) is 7.68. The number of carbonyl (C=O) groups is 1. The van der Waals surface area contributed by atoms with Crippen LogP contribution >= 0.6 is 15.9 Å². The van der Waals surface area contributed by atoms with Gasteiger partial charge in [0.15, 0.2) is 0 Å². The number of hydrogen-bond donors (Lipinski definition) is 1. The highest BCUT2D eigenvalue weighted by atomic mass is 79.9. The lowest BCUT2D eigenvalue weighted by atomic mass is 10.1. The lowest BCUT2D eigenvalue weighted by molar-refractivity contribution is -0.130. The third-order valence-electron chi connectivity index (χ3n) is 2.41. The molecule has 0 aliphatic rings. The maximum atomic E-state index is 11.5. The van der Waals surface area contributed by atoms with Crippen LogP contribution in [0.2, 0.25) is 0 Å². The van der Waals surface area contributed by atoms with Crippen LogP contribution in [0.3, 0.4) is 0 Å². The van der Waals surface area contributed by atoms with E-state index in [1.165, 1.54) is 5.56 Å². The quantitative estimate of drug-likeness (QED) is 0.917. The van der Waals surface area contributed by atoms with E-state index in [1.54, 1.807) is 18.9 Å². The number of carbonyl (C=O) groups excluding carboxylic acids is 1. The average Bonchev–Trinajstić information content (AvgIpc) is 2.26. The molecule has 1 atom stereocenters. The highest BCUT2D eigenvalue weighted by Crippen LogP contribution is 2.11. The summed E-state index contributed by atoms with van der Waals surface area (Å²) in [6.45, 7) is 2.40. The van der Waals surface area contributed by atoms with Crippen LogP contribution in [-0.4, -0.2) is 30.4 Å². The predicted octanol–water partition coefficient (Wildman–Crippen LogP) is 1.80. The Labute approximate surface area is 105 Å². The summed E-state index contributed by atoms with van der Waals surface area (Å²) in [5.74, 6) is -0.0166. The average molecular weight is 285 g/mol. The molecule has 0 aliphatic heterocycles. The molecule has 1 aromatic rings. The summed E-state index contributed by atoms with van der Waals surface area (Å²) in [5.41, 5.74) is 6.74. The van der Waals surface area contributed by atoms with E-state index in [0.29, 0.717) is 6.54 Å². The van der Waals surface area contributed by atoms with Crippen LogP contribution in [0.15, 0.2) is 28.7 Å². The largest absolute Gasteiger partial charge is 0.344 e. The lowest BCUT2D eigenvalue weighted by Crippen LogP contribution is -2.40. The van der Waals surface area contributed by atoms with Gasteiger partial charge in [0.2, 0.25) is 5.91 Å². The minimum Gasteiger partial charge on any atom is -0.344 e. The van der Waals surface area contributed by atoms with E-state index in [1.807, 2.05) is 24.3 Å². The molecule has 0 saturated heterocycles. The van der Waals surface area contributed by atoms with Crippen molar-refractivity contribution in [3.8, 4) is 0 Å². The van der Waals surface area contributed by atoms with E-state index in [-0.39, 0.29) is 5.91 Å². The Morgan fingerprint density at radius 1 is 1.44 bits per heavy atom. The summed E-state index contributed by atoms with van der Waals surface area (Å²) in [7, 11) is 1.78. The van der Waals surface area contributed by atoms with Crippen molar-refractivity contribution in [2.45, 2.75) is 19.4 Å². The normalized spacial score (nSPS) is 12.2. The third-order valence-corrected chi connectivity index (χ3v) is 2.94. The lowest BCUT2D eigenvalue weighted by Gasteiger charge is -2.19. The number of nitrogens with zero attached hydrogens (tertiary/aromatic N) is 1. The van der Waals surface area contributed by atoms with Crippen molar-refractivity contribution in [2.24, 2.45) is 5.73 Å². The number of hydrogen-bond acceptors (Lipinski definition) is 2. The number of halogens is 1. The molecular weight excluding hydrogens is 268 g/mol.